The van der Waals surface area contributed by atoms with Crippen molar-refractivity contribution in [3.05, 3.63) is 67.9 Å². The first-order valence-corrected chi connectivity index (χ1v) is 7.63. The molecule has 0 spiro atoms. The van der Waals surface area contributed by atoms with Crippen molar-refractivity contribution in [3.8, 4) is 0 Å². The van der Waals surface area contributed by atoms with Crippen molar-refractivity contribution in [1.82, 2.24) is 5.32 Å². The second-order valence-corrected chi connectivity index (χ2v) is 6.11. The van der Waals surface area contributed by atoms with Crippen LogP contribution in [-0.2, 0) is 6.42 Å². The van der Waals surface area contributed by atoms with E-state index in [9.17, 15) is 4.39 Å². The molecule has 0 aliphatic heterocycles. The molecule has 1 nitrogen and oxygen atoms in total. The Labute approximate surface area is 136 Å². The summed E-state index contributed by atoms with van der Waals surface area (Å²) >= 11 is 15.6. The predicted octanol–water partition coefficient (Wildman–Crippen LogP) is 5.40. The first-order chi connectivity index (χ1) is 9.52. The zero-order chi connectivity index (χ0) is 14.7. The highest BCUT2D eigenvalue weighted by Crippen LogP contribution is 2.31. The van der Waals surface area contributed by atoms with E-state index in [1.807, 2.05) is 19.2 Å². The number of benzene rings is 2. The first-order valence-electron chi connectivity index (χ1n) is 6.08. The van der Waals surface area contributed by atoms with Crippen LogP contribution in [0.25, 0.3) is 0 Å². The van der Waals surface area contributed by atoms with E-state index in [-0.39, 0.29) is 11.9 Å². The summed E-state index contributed by atoms with van der Waals surface area (Å²) in [6.45, 7) is 0. The van der Waals surface area contributed by atoms with Crippen molar-refractivity contribution in [2.45, 2.75) is 12.5 Å². The van der Waals surface area contributed by atoms with Gasteiger partial charge in [-0.15, -0.1) is 0 Å². The maximum atomic E-state index is 13.9. The third-order valence-corrected chi connectivity index (χ3v) is 4.46. The summed E-state index contributed by atoms with van der Waals surface area (Å²) in [5.74, 6) is -0.295. The van der Waals surface area contributed by atoms with E-state index in [1.54, 1.807) is 18.2 Å². The molecule has 0 saturated heterocycles. The van der Waals surface area contributed by atoms with Crippen LogP contribution in [0.15, 0.2) is 40.9 Å². The van der Waals surface area contributed by atoms with Gasteiger partial charge in [0.1, 0.15) is 5.82 Å². The minimum absolute atomic E-state index is 0.0857. The third kappa shape index (κ3) is 3.53. The lowest BCUT2D eigenvalue weighted by Gasteiger charge is -2.19. The Kier molecular flexibility index (Phi) is 5.44. The lowest BCUT2D eigenvalue weighted by Crippen LogP contribution is -2.20. The molecule has 0 aliphatic carbocycles. The number of rotatable bonds is 4. The highest BCUT2D eigenvalue weighted by molar-refractivity contribution is 9.10. The van der Waals surface area contributed by atoms with Gasteiger partial charge in [-0.3, -0.25) is 0 Å². The van der Waals surface area contributed by atoms with E-state index in [0.717, 1.165) is 10.0 Å². The minimum atomic E-state index is -0.295. The molecule has 5 heteroatoms. The Balaban J connectivity index is 2.36. The molecular formula is C15H13BrCl2FN. The number of hydrogen-bond acceptors (Lipinski definition) is 1. The molecule has 0 radical (unpaired) electrons. The van der Waals surface area contributed by atoms with E-state index in [1.165, 1.54) is 6.07 Å². The molecule has 1 atom stereocenters. The molecule has 0 bridgehead atoms. The van der Waals surface area contributed by atoms with Gasteiger partial charge in [0.05, 0.1) is 0 Å². The lowest BCUT2D eigenvalue weighted by atomic mass is 9.98. The van der Waals surface area contributed by atoms with Crippen LogP contribution in [0.5, 0.6) is 0 Å². The molecule has 1 N–H and O–H groups in total. The quantitative estimate of drug-likeness (QED) is 0.753. The molecule has 20 heavy (non-hydrogen) atoms. The van der Waals surface area contributed by atoms with Gasteiger partial charge in [-0.1, -0.05) is 45.2 Å². The van der Waals surface area contributed by atoms with Gasteiger partial charge in [-0.2, -0.15) is 0 Å². The molecule has 0 heterocycles. The smallest absolute Gasteiger partial charge is 0.127 e. The highest BCUT2D eigenvalue weighted by Gasteiger charge is 2.17. The summed E-state index contributed by atoms with van der Waals surface area (Å²) in [6.07, 6.45) is 0.445. The lowest BCUT2D eigenvalue weighted by molar-refractivity contribution is 0.553. The zero-order valence-corrected chi connectivity index (χ0v) is 13.9. The summed E-state index contributed by atoms with van der Waals surface area (Å²) in [7, 11) is 1.83. The Morgan fingerprint density at radius 3 is 2.65 bits per heavy atom. The standard InChI is InChI=1S/C15H13BrCl2FN/c1-20-15(10-7-9(17)5-6-12(10)16)8-11-13(18)3-2-4-14(11)19/h2-7,15,20H,8H2,1H3. The second-order valence-electron chi connectivity index (χ2n) is 4.41. The van der Waals surface area contributed by atoms with Crippen LogP contribution in [0.1, 0.15) is 17.2 Å². The molecular weight excluding hydrogens is 364 g/mol. The maximum Gasteiger partial charge on any atom is 0.127 e. The molecule has 0 fully saturated rings. The minimum Gasteiger partial charge on any atom is -0.313 e. The van der Waals surface area contributed by atoms with E-state index >= 15 is 0 Å². The topological polar surface area (TPSA) is 12.0 Å². The van der Waals surface area contributed by atoms with Crippen molar-refractivity contribution < 1.29 is 4.39 Å². The van der Waals surface area contributed by atoms with Crippen molar-refractivity contribution in [2.24, 2.45) is 0 Å². The summed E-state index contributed by atoms with van der Waals surface area (Å²) < 4.78 is 14.8. The van der Waals surface area contributed by atoms with E-state index in [4.69, 9.17) is 23.2 Å². The molecule has 0 aliphatic rings. The van der Waals surface area contributed by atoms with E-state index < -0.39 is 0 Å². The monoisotopic (exact) mass is 375 g/mol. The van der Waals surface area contributed by atoms with Gasteiger partial charge >= 0.3 is 0 Å². The Morgan fingerprint density at radius 1 is 1.25 bits per heavy atom. The van der Waals surface area contributed by atoms with Crippen LogP contribution in [0.2, 0.25) is 10.0 Å². The van der Waals surface area contributed by atoms with Crippen LogP contribution < -0.4 is 5.32 Å². The summed E-state index contributed by atoms with van der Waals surface area (Å²) in [5, 5.41) is 4.25. The van der Waals surface area contributed by atoms with E-state index in [2.05, 4.69) is 21.2 Å². The number of likely N-dealkylation sites (N-methyl/N-ethyl adjacent to an activating group) is 1. The van der Waals surface area contributed by atoms with Gasteiger partial charge in [0, 0.05) is 26.1 Å². The van der Waals surface area contributed by atoms with Gasteiger partial charge in [0.25, 0.3) is 0 Å². The van der Waals surface area contributed by atoms with Crippen LogP contribution >= 0.6 is 39.1 Å². The molecule has 0 aromatic heterocycles. The Hall–Kier alpha value is -0.610. The molecule has 1 unspecified atom stereocenters. The molecule has 2 aromatic rings. The molecule has 106 valence electrons. The summed E-state index contributed by atoms with van der Waals surface area (Å²) in [5.41, 5.74) is 1.47. The van der Waals surface area contributed by atoms with Crippen molar-refractivity contribution in [3.63, 3.8) is 0 Å². The van der Waals surface area contributed by atoms with Crippen molar-refractivity contribution in [2.75, 3.05) is 7.05 Å². The van der Waals surface area contributed by atoms with Crippen LogP contribution in [0.3, 0.4) is 0 Å². The first kappa shape index (κ1) is 15.8. The molecule has 2 aromatic carbocycles. The van der Waals surface area contributed by atoms with Crippen LogP contribution in [0.4, 0.5) is 4.39 Å². The highest BCUT2D eigenvalue weighted by atomic mass is 79.9. The Bertz CT molecular complexity index is 599. The van der Waals surface area contributed by atoms with Gasteiger partial charge < -0.3 is 5.32 Å². The third-order valence-electron chi connectivity index (χ3n) is 3.15. The molecule has 0 saturated carbocycles. The predicted molar refractivity (Wildman–Crippen MR) is 86.1 cm³/mol. The van der Waals surface area contributed by atoms with Crippen LogP contribution in [-0.4, -0.2) is 7.05 Å². The van der Waals surface area contributed by atoms with Gasteiger partial charge in [0.2, 0.25) is 0 Å². The number of nitrogens with one attached hydrogen (secondary N) is 1. The van der Waals surface area contributed by atoms with Crippen molar-refractivity contribution >= 4 is 39.1 Å². The fourth-order valence-corrected chi connectivity index (χ4v) is 3.02. The Morgan fingerprint density at radius 2 is 2.00 bits per heavy atom. The summed E-state index contributed by atoms with van der Waals surface area (Å²) in [4.78, 5) is 0. The fraction of sp³-hybridized carbons (Fsp3) is 0.200. The SMILES string of the molecule is CNC(Cc1c(F)cccc1Cl)c1cc(Cl)ccc1Br. The maximum absolute atomic E-state index is 13.9. The molecule has 2 rings (SSSR count). The largest absolute Gasteiger partial charge is 0.313 e. The normalized spacial score (nSPS) is 12.4. The van der Waals surface area contributed by atoms with Crippen molar-refractivity contribution in [1.29, 1.82) is 0 Å². The van der Waals surface area contributed by atoms with Gasteiger partial charge in [0.15, 0.2) is 0 Å². The average molecular weight is 377 g/mol. The molecule has 0 amide bonds. The number of hydrogen-bond donors (Lipinski definition) is 1. The average Bonchev–Trinajstić information content (AvgIpc) is 2.42. The van der Waals surface area contributed by atoms with Gasteiger partial charge in [-0.05, 0) is 49.4 Å². The fourth-order valence-electron chi connectivity index (χ4n) is 2.08. The van der Waals surface area contributed by atoms with Gasteiger partial charge in [-0.25, -0.2) is 4.39 Å². The second kappa shape index (κ2) is 6.90. The van der Waals surface area contributed by atoms with E-state index in [0.29, 0.717) is 22.0 Å². The number of halogens is 4. The summed E-state index contributed by atoms with van der Waals surface area (Å²) in [6, 6.07) is 10.2. The zero-order valence-electron chi connectivity index (χ0n) is 10.8. The van der Waals surface area contributed by atoms with Crippen LogP contribution in [0, 0.1) is 5.82 Å².